The Morgan fingerprint density at radius 3 is 2.84 bits per heavy atom. The van der Waals surface area contributed by atoms with E-state index < -0.39 is 0 Å². The number of carbonyl (C=O) groups is 1. The molecule has 19 heavy (non-hydrogen) atoms. The molecule has 0 radical (unpaired) electrons. The number of likely N-dealkylation sites (N-methyl/N-ethyl adjacent to an activating group) is 1. The summed E-state index contributed by atoms with van der Waals surface area (Å²) in [5.74, 6) is -0.0443. The minimum absolute atomic E-state index is 0.0443. The molecule has 4 nitrogen and oxygen atoms in total. The third-order valence-corrected chi connectivity index (χ3v) is 3.55. The molecule has 1 saturated heterocycles. The Morgan fingerprint density at radius 1 is 1.47 bits per heavy atom. The van der Waals surface area contributed by atoms with Crippen LogP contribution in [0.3, 0.4) is 0 Å². The first-order valence-electron chi connectivity index (χ1n) is 6.67. The summed E-state index contributed by atoms with van der Waals surface area (Å²) in [7, 11) is 2.11. The number of nitrogens with one attached hydrogen (secondary N) is 1. The third kappa shape index (κ3) is 4.10. The quantitative estimate of drug-likeness (QED) is 0.636. The lowest BCUT2D eigenvalue weighted by Crippen LogP contribution is -2.37. The van der Waals surface area contributed by atoms with Gasteiger partial charge in [0.15, 0.2) is 0 Å². The van der Waals surface area contributed by atoms with Crippen LogP contribution in [0.4, 0.5) is 5.69 Å². The van der Waals surface area contributed by atoms with Gasteiger partial charge in [-0.2, -0.15) is 0 Å². The van der Waals surface area contributed by atoms with Crippen molar-refractivity contribution in [2.24, 2.45) is 0 Å². The molecule has 1 aromatic carbocycles. The zero-order valence-electron chi connectivity index (χ0n) is 11.3. The fourth-order valence-electron chi connectivity index (χ4n) is 2.29. The largest absolute Gasteiger partial charge is 0.399 e. The molecule has 0 spiro atoms. The van der Waals surface area contributed by atoms with Gasteiger partial charge in [-0.15, -0.1) is 0 Å². The van der Waals surface area contributed by atoms with Gasteiger partial charge < -0.3 is 16.0 Å². The molecule has 1 amide bonds. The maximum Gasteiger partial charge on any atom is 0.244 e. The summed E-state index contributed by atoms with van der Waals surface area (Å²) in [6.07, 6.45) is 5.75. The lowest BCUT2D eigenvalue weighted by Gasteiger charge is -2.19. The van der Waals surface area contributed by atoms with Crippen LogP contribution in [0.5, 0.6) is 0 Å². The number of hydrogen-bond acceptors (Lipinski definition) is 3. The average molecular weight is 259 g/mol. The molecule has 1 atom stereocenters. The highest BCUT2D eigenvalue weighted by Crippen LogP contribution is 2.13. The van der Waals surface area contributed by atoms with Gasteiger partial charge in [-0.05, 0) is 50.2 Å². The van der Waals surface area contributed by atoms with E-state index in [-0.39, 0.29) is 5.91 Å². The van der Waals surface area contributed by atoms with E-state index in [1.54, 1.807) is 12.2 Å². The Labute approximate surface area is 114 Å². The van der Waals surface area contributed by atoms with E-state index in [0.717, 1.165) is 24.3 Å². The van der Waals surface area contributed by atoms with E-state index in [4.69, 9.17) is 5.73 Å². The van der Waals surface area contributed by atoms with Crippen molar-refractivity contribution in [1.82, 2.24) is 10.2 Å². The van der Waals surface area contributed by atoms with Crippen LogP contribution in [-0.2, 0) is 4.79 Å². The molecule has 3 N–H and O–H groups in total. The SMILES string of the molecule is CN1CCCC1CNC(=O)/C=C/c1ccc(N)cc1. The van der Waals surface area contributed by atoms with E-state index in [1.165, 1.54) is 12.8 Å². The first-order valence-corrected chi connectivity index (χ1v) is 6.67. The summed E-state index contributed by atoms with van der Waals surface area (Å²) >= 11 is 0. The van der Waals surface area contributed by atoms with Crippen molar-refractivity contribution in [2.75, 3.05) is 25.9 Å². The fourth-order valence-corrected chi connectivity index (χ4v) is 2.29. The molecular weight excluding hydrogens is 238 g/mol. The van der Waals surface area contributed by atoms with E-state index in [2.05, 4.69) is 17.3 Å². The van der Waals surface area contributed by atoms with E-state index >= 15 is 0 Å². The van der Waals surface area contributed by atoms with Gasteiger partial charge in [-0.1, -0.05) is 12.1 Å². The van der Waals surface area contributed by atoms with E-state index in [0.29, 0.717) is 6.04 Å². The van der Waals surface area contributed by atoms with Gasteiger partial charge in [-0.25, -0.2) is 0 Å². The van der Waals surface area contributed by atoms with Crippen molar-refractivity contribution in [3.8, 4) is 0 Å². The molecule has 1 aliphatic rings. The Balaban J connectivity index is 1.79. The summed E-state index contributed by atoms with van der Waals surface area (Å²) in [5.41, 5.74) is 7.31. The van der Waals surface area contributed by atoms with E-state index in [1.807, 2.05) is 24.3 Å². The van der Waals surface area contributed by atoms with Gasteiger partial charge in [0.05, 0.1) is 0 Å². The number of nitrogens with zero attached hydrogens (tertiary/aromatic N) is 1. The zero-order valence-corrected chi connectivity index (χ0v) is 11.3. The standard InChI is InChI=1S/C15H21N3O/c1-18-10-2-3-14(18)11-17-15(19)9-6-12-4-7-13(16)8-5-12/h4-9,14H,2-3,10-11,16H2,1H3,(H,17,19)/b9-6+. The monoisotopic (exact) mass is 259 g/mol. The van der Waals surface area contributed by atoms with Crippen LogP contribution in [0.25, 0.3) is 6.08 Å². The first kappa shape index (κ1) is 13.6. The van der Waals surface area contributed by atoms with Gasteiger partial charge in [0.25, 0.3) is 0 Å². The van der Waals surface area contributed by atoms with Crippen LogP contribution in [0, 0.1) is 0 Å². The molecule has 1 aromatic rings. The summed E-state index contributed by atoms with van der Waals surface area (Å²) < 4.78 is 0. The number of benzene rings is 1. The van der Waals surface area contributed by atoms with Crippen LogP contribution in [0.15, 0.2) is 30.3 Å². The highest BCUT2D eigenvalue weighted by molar-refractivity contribution is 5.91. The molecular formula is C15H21N3O. The lowest BCUT2D eigenvalue weighted by molar-refractivity contribution is -0.116. The van der Waals surface area contributed by atoms with Crippen LogP contribution in [-0.4, -0.2) is 37.0 Å². The number of rotatable bonds is 4. The Bertz CT molecular complexity index is 453. The van der Waals surface area contributed by atoms with Crippen molar-refractivity contribution in [3.05, 3.63) is 35.9 Å². The number of carbonyl (C=O) groups excluding carboxylic acids is 1. The Morgan fingerprint density at radius 2 is 2.21 bits per heavy atom. The number of nitrogens with two attached hydrogens (primary N) is 1. The molecule has 0 bridgehead atoms. The van der Waals surface area contributed by atoms with Crippen molar-refractivity contribution in [2.45, 2.75) is 18.9 Å². The van der Waals surface area contributed by atoms with Gasteiger partial charge in [0, 0.05) is 24.4 Å². The number of nitrogen functional groups attached to an aromatic ring is 1. The van der Waals surface area contributed by atoms with Gasteiger partial charge >= 0.3 is 0 Å². The second-order valence-electron chi connectivity index (χ2n) is 5.02. The predicted molar refractivity (Wildman–Crippen MR) is 78.6 cm³/mol. The number of anilines is 1. The van der Waals surface area contributed by atoms with Crippen molar-refractivity contribution < 1.29 is 4.79 Å². The summed E-state index contributed by atoms with van der Waals surface area (Å²) in [5, 5.41) is 2.94. The van der Waals surface area contributed by atoms with Crippen molar-refractivity contribution in [3.63, 3.8) is 0 Å². The number of likely N-dealkylation sites (tertiary alicyclic amines) is 1. The van der Waals surface area contributed by atoms with E-state index in [9.17, 15) is 4.79 Å². The molecule has 1 aliphatic heterocycles. The summed E-state index contributed by atoms with van der Waals surface area (Å²) in [4.78, 5) is 14.0. The molecule has 0 saturated carbocycles. The zero-order chi connectivity index (χ0) is 13.7. The topological polar surface area (TPSA) is 58.4 Å². The van der Waals surface area contributed by atoms with Crippen LogP contribution < -0.4 is 11.1 Å². The molecule has 4 heteroatoms. The predicted octanol–water partition coefficient (Wildman–Crippen LogP) is 1.49. The lowest BCUT2D eigenvalue weighted by atomic mass is 10.2. The van der Waals surface area contributed by atoms with Crippen molar-refractivity contribution in [1.29, 1.82) is 0 Å². The van der Waals surface area contributed by atoms with Crippen LogP contribution >= 0.6 is 0 Å². The van der Waals surface area contributed by atoms with Gasteiger partial charge in [-0.3, -0.25) is 4.79 Å². The second-order valence-corrected chi connectivity index (χ2v) is 5.02. The van der Waals surface area contributed by atoms with Gasteiger partial charge in [0.1, 0.15) is 0 Å². The Hall–Kier alpha value is -1.81. The van der Waals surface area contributed by atoms with Crippen molar-refractivity contribution >= 4 is 17.7 Å². The molecule has 1 heterocycles. The maximum absolute atomic E-state index is 11.7. The van der Waals surface area contributed by atoms with Crippen LogP contribution in [0.2, 0.25) is 0 Å². The minimum atomic E-state index is -0.0443. The van der Waals surface area contributed by atoms with Gasteiger partial charge in [0.2, 0.25) is 5.91 Å². The number of amides is 1. The molecule has 1 fully saturated rings. The third-order valence-electron chi connectivity index (χ3n) is 3.55. The Kier molecular flexibility index (Phi) is 4.58. The summed E-state index contributed by atoms with van der Waals surface area (Å²) in [6.45, 7) is 1.85. The smallest absolute Gasteiger partial charge is 0.244 e. The van der Waals surface area contributed by atoms with Crippen LogP contribution in [0.1, 0.15) is 18.4 Å². The average Bonchev–Trinajstić information content (AvgIpc) is 2.81. The highest BCUT2D eigenvalue weighted by Gasteiger charge is 2.20. The minimum Gasteiger partial charge on any atom is -0.399 e. The highest BCUT2D eigenvalue weighted by atomic mass is 16.1. The molecule has 2 rings (SSSR count). The number of hydrogen-bond donors (Lipinski definition) is 2. The fraction of sp³-hybridized carbons (Fsp3) is 0.400. The molecule has 0 aliphatic carbocycles. The first-order chi connectivity index (χ1) is 9.15. The molecule has 1 unspecified atom stereocenters. The second kappa shape index (κ2) is 6.38. The normalized spacial score (nSPS) is 19.9. The molecule has 102 valence electrons. The molecule has 0 aromatic heterocycles. The summed E-state index contributed by atoms with van der Waals surface area (Å²) in [6, 6.07) is 7.91. The maximum atomic E-state index is 11.7.